The van der Waals surface area contributed by atoms with E-state index < -0.39 is 5.41 Å². The van der Waals surface area contributed by atoms with E-state index in [1.807, 2.05) is 0 Å². The average molecular weight is 1040 g/mol. The molecule has 0 heterocycles. The van der Waals surface area contributed by atoms with Crippen LogP contribution in [0.2, 0.25) is 0 Å². The molecule has 2 nitrogen and oxygen atoms in total. The molecule has 1 unspecified atom stereocenters. The van der Waals surface area contributed by atoms with Gasteiger partial charge < -0.3 is 9.80 Å². The van der Waals surface area contributed by atoms with Gasteiger partial charge >= 0.3 is 0 Å². The Labute approximate surface area is 454 Å². The third-order valence-electron chi connectivity index (χ3n) is 15.0. The molecule has 0 saturated carbocycles. The topological polar surface area (TPSA) is 6.48 Å². The van der Waals surface area contributed by atoms with Crippen LogP contribution in [0.3, 0.4) is 0 Å². The van der Waals surface area contributed by atoms with E-state index in [1.54, 1.807) is 0 Å². The summed E-state index contributed by atoms with van der Waals surface area (Å²) in [4.78, 5) is 4.81. The van der Waals surface area contributed by atoms with Crippen LogP contribution in [0.15, 0.2) is 314 Å². The van der Waals surface area contributed by atoms with Crippen molar-refractivity contribution in [1.29, 1.82) is 0 Å². The molecule has 0 aromatic heterocycles. The van der Waals surface area contributed by atoms with E-state index >= 15 is 0 Å². The maximum absolute atomic E-state index is 4.17. The summed E-state index contributed by atoms with van der Waals surface area (Å²) in [5.41, 5.74) is 22.4. The van der Waals surface area contributed by atoms with E-state index in [2.05, 4.69) is 335 Å². The second-order valence-electron chi connectivity index (χ2n) is 19.4. The highest BCUT2D eigenvalue weighted by molar-refractivity contribution is 9.10. The molecule has 12 aromatic carbocycles. The van der Waals surface area contributed by atoms with Crippen molar-refractivity contribution >= 4 is 50.1 Å². The number of halogens is 1. The predicted molar refractivity (Wildman–Crippen MR) is 323 cm³/mol. The average Bonchev–Trinajstić information content (AvgIpc) is 3.79. The fourth-order valence-electron chi connectivity index (χ4n) is 11.4. The Hall–Kier alpha value is -9.28. The van der Waals surface area contributed by atoms with Crippen LogP contribution in [0.1, 0.15) is 22.3 Å². The Kier molecular flexibility index (Phi) is 12.4. The summed E-state index contributed by atoms with van der Waals surface area (Å²) in [6, 6.07) is 113. The Balaban J connectivity index is 1.00. The summed E-state index contributed by atoms with van der Waals surface area (Å²) in [5.74, 6) is 0. The molecule has 1 aliphatic rings. The van der Waals surface area contributed by atoms with Gasteiger partial charge in [0, 0.05) is 38.6 Å². The first-order valence-electron chi connectivity index (χ1n) is 25.9. The maximum Gasteiger partial charge on any atom is 0.0725 e. The Bertz CT molecular complexity index is 3790. The van der Waals surface area contributed by atoms with Gasteiger partial charge in [0.15, 0.2) is 0 Å². The lowest BCUT2D eigenvalue weighted by molar-refractivity contribution is 0.763. The summed E-state index contributed by atoms with van der Waals surface area (Å²) < 4.78 is 1.04. The van der Waals surface area contributed by atoms with Crippen LogP contribution in [0.5, 0.6) is 0 Å². The quantitative estimate of drug-likeness (QED) is 0.120. The molecule has 0 saturated heterocycles. The molecule has 1 atom stereocenters. The minimum absolute atomic E-state index is 0.738. The van der Waals surface area contributed by atoms with E-state index in [1.165, 1.54) is 72.3 Å². The molecule has 0 aliphatic heterocycles. The molecule has 0 amide bonds. The molecule has 3 heteroatoms. The van der Waals surface area contributed by atoms with Gasteiger partial charge in [0.1, 0.15) is 0 Å². The van der Waals surface area contributed by atoms with E-state index in [0.717, 1.165) is 44.2 Å². The molecule has 360 valence electrons. The number of fused-ring (bicyclic) bond motifs is 3. The van der Waals surface area contributed by atoms with Crippen molar-refractivity contribution in [3.8, 4) is 55.6 Å². The van der Waals surface area contributed by atoms with Crippen LogP contribution < -0.4 is 9.80 Å². The third kappa shape index (κ3) is 8.51. The summed E-state index contributed by atoms with van der Waals surface area (Å²) in [5, 5.41) is 0. The molecule has 0 fully saturated rings. The fraction of sp³-hybridized carbons (Fsp3) is 0.0137. The molecular weight excluding hydrogens is 985 g/mol. The lowest BCUT2D eigenvalue weighted by Gasteiger charge is -2.36. The van der Waals surface area contributed by atoms with Crippen molar-refractivity contribution in [3.63, 3.8) is 0 Å². The number of rotatable bonds is 12. The third-order valence-corrected chi connectivity index (χ3v) is 15.7. The van der Waals surface area contributed by atoms with Crippen LogP contribution >= 0.6 is 15.9 Å². The highest BCUT2D eigenvalue weighted by atomic mass is 79.9. The normalized spacial score (nSPS) is 13.4. The Morgan fingerprint density at radius 3 is 0.974 bits per heavy atom. The van der Waals surface area contributed by atoms with Crippen molar-refractivity contribution in [3.05, 3.63) is 336 Å². The van der Waals surface area contributed by atoms with Gasteiger partial charge in [0.05, 0.1) is 5.41 Å². The first-order valence-corrected chi connectivity index (χ1v) is 26.7. The molecular formula is C73H51BrN2. The first kappa shape index (κ1) is 46.5. The number of hydrogen-bond donors (Lipinski definition) is 0. The molecule has 0 radical (unpaired) electrons. The second-order valence-corrected chi connectivity index (χ2v) is 20.2. The fourth-order valence-corrected chi connectivity index (χ4v) is 12.0. The molecule has 76 heavy (non-hydrogen) atoms. The van der Waals surface area contributed by atoms with E-state index in [-0.39, 0.29) is 0 Å². The number of benzene rings is 12. The Morgan fingerprint density at radius 1 is 0.224 bits per heavy atom. The Morgan fingerprint density at radius 2 is 0.553 bits per heavy atom. The van der Waals surface area contributed by atoms with Crippen molar-refractivity contribution < 1.29 is 0 Å². The zero-order valence-corrected chi connectivity index (χ0v) is 43.3. The molecule has 1 aliphatic carbocycles. The number of anilines is 6. The molecule has 0 spiro atoms. The summed E-state index contributed by atoms with van der Waals surface area (Å²) in [6.45, 7) is 0. The zero-order valence-electron chi connectivity index (χ0n) is 41.7. The number of nitrogens with zero attached hydrogens (tertiary/aromatic N) is 2. The van der Waals surface area contributed by atoms with Crippen molar-refractivity contribution in [2.45, 2.75) is 5.41 Å². The summed E-state index contributed by atoms with van der Waals surface area (Å²) in [7, 11) is 0. The van der Waals surface area contributed by atoms with Gasteiger partial charge in [-0.05, 0) is 157 Å². The van der Waals surface area contributed by atoms with Crippen LogP contribution in [0.4, 0.5) is 34.1 Å². The van der Waals surface area contributed by atoms with Crippen LogP contribution in [-0.2, 0) is 5.41 Å². The van der Waals surface area contributed by atoms with Gasteiger partial charge in [-0.15, -0.1) is 0 Å². The summed E-state index contributed by atoms with van der Waals surface area (Å²) >= 11 is 4.17. The zero-order chi connectivity index (χ0) is 50.8. The van der Waals surface area contributed by atoms with Gasteiger partial charge in [-0.2, -0.15) is 0 Å². The van der Waals surface area contributed by atoms with Crippen molar-refractivity contribution in [2.75, 3.05) is 9.80 Å². The smallest absolute Gasteiger partial charge is 0.0725 e. The minimum Gasteiger partial charge on any atom is -0.310 e. The maximum atomic E-state index is 4.17. The van der Waals surface area contributed by atoms with E-state index in [9.17, 15) is 0 Å². The minimum atomic E-state index is -0.738. The van der Waals surface area contributed by atoms with Gasteiger partial charge in [-0.25, -0.2) is 0 Å². The largest absolute Gasteiger partial charge is 0.310 e. The van der Waals surface area contributed by atoms with Crippen molar-refractivity contribution in [1.82, 2.24) is 0 Å². The van der Waals surface area contributed by atoms with Crippen LogP contribution in [0.25, 0.3) is 55.6 Å². The standard InChI is InChI=1S/C73H51BrN2/c74-72-31-16-15-30-70(72)73(60-26-17-27-65(50-60)75(61-40-32-56(33-41-61)52-18-5-1-6-19-52)62-42-34-57(35-43-62)53-20-7-2-8-21-53)69-29-14-13-28-67(69)68-49-48-66(51-71(68)73)76(63-44-36-58(37-45-63)54-22-9-3-10-23-54)64-46-38-59(39-47-64)55-24-11-4-12-25-55/h1-51H. The second kappa shape index (κ2) is 20.2. The SMILES string of the molecule is Brc1ccccc1C1(c2cccc(N(c3ccc(-c4ccccc4)cc3)c3ccc(-c4ccccc4)cc3)c2)c2ccccc2-c2ccc(N(c3ccc(-c4ccccc4)cc3)c3ccc(-c4ccccc4)cc3)cc21. The molecule has 0 bridgehead atoms. The monoisotopic (exact) mass is 1030 g/mol. The first-order chi connectivity index (χ1) is 37.6. The molecule has 0 N–H and O–H groups in total. The van der Waals surface area contributed by atoms with Crippen molar-refractivity contribution in [2.24, 2.45) is 0 Å². The molecule has 13 rings (SSSR count). The highest BCUT2D eigenvalue weighted by Crippen LogP contribution is 2.59. The lowest BCUT2D eigenvalue weighted by Crippen LogP contribution is -2.29. The van der Waals surface area contributed by atoms with E-state index in [0.29, 0.717) is 0 Å². The van der Waals surface area contributed by atoms with Gasteiger partial charge in [-0.3, -0.25) is 0 Å². The highest BCUT2D eigenvalue weighted by Gasteiger charge is 2.47. The van der Waals surface area contributed by atoms with Crippen LogP contribution in [-0.4, -0.2) is 0 Å². The van der Waals surface area contributed by atoms with Gasteiger partial charge in [0.2, 0.25) is 0 Å². The van der Waals surface area contributed by atoms with Gasteiger partial charge in [0.25, 0.3) is 0 Å². The van der Waals surface area contributed by atoms with Crippen LogP contribution in [0, 0.1) is 0 Å². The number of hydrogen-bond acceptors (Lipinski definition) is 2. The lowest BCUT2D eigenvalue weighted by atomic mass is 9.67. The summed E-state index contributed by atoms with van der Waals surface area (Å²) in [6.07, 6.45) is 0. The molecule has 12 aromatic rings. The van der Waals surface area contributed by atoms with E-state index in [4.69, 9.17) is 0 Å². The predicted octanol–water partition coefficient (Wildman–Crippen LogP) is 20.4. The van der Waals surface area contributed by atoms with Gasteiger partial charge in [-0.1, -0.05) is 246 Å².